The van der Waals surface area contributed by atoms with Gasteiger partial charge in [-0.1, -0.05) is 5.92 Å². The second-order valence-electron chi connectivity index (χ2n) is 5.05. The Labute approximate surface area is 152 Å². The van der Waals surface area contributed by atoms with E-state index in [4.69, 9.17) is 15.9 Å². The number of benzene rings is 1. The fourth-order valence-electron chi connectivity index (χ4n) is 2.56. The molecule has 1 amide bonds. The lowest BCUT2D eigenvalue weighted by atomic mass is 10.0. The number of anilines is 1. The molecule has 7 nitrogen and oxygen atoms in total. The summed E-state index contributed by atoms with van der Waals surface area (Å²) >= 11 is 2.17. The van der Waals surface area contributed by atoms with Gasteiger partial charge in [0.15, 0.2) is 11.5 Å². The second-order valence-corrected chi connectivity index (χ2v) is 6.21. The monoisotopic (exact) mass is 438 g/mol. The number of nitrogens with one attached hydrogen (secondary N) is 1. The zero-order chi connectivity index (χ0) is 17.1. The number of nitrogens with zero attached hydrogens (tertiary/aromatic N) is 3. The van der Waals surface area contributed by atoms with Crippen molar-refractivity contribution in [3.63, 3.8) is 0 Å². The highest BCUT2D eigenvalue weighted by atomic mass is 127. The van der Waals surface area contributed by atoms with Gasteiger partial charge in [-0.25, -0.2) is 4.68 Å². The van der Waals surface area contributed by atoms with E-state index in [1.165, 1.54) is 6.33 Å². The second kappa shape index (κ2) is 7.09. The highest BCUT2D eigenvalue weighted by Crippen LogP contribution is 2.38. The van der Waals surface area contributed by atoms with E-state index in [0.717, 1.165) is 9.13 Å². The number of carbonyl (C=O) groups is 1. The average molecular weight is 438 g/mol. The lowest BCUT2D eigenvalue weighted by Gasteiger charge is -2.25. The molecule has 0 aliphatic carbocycles. The van der Waals surface area contributed by atoms with E-state index >= 15 is 0 Å². The Bertz CT molecular complexity index is 812. The van der Waals surface area contributed by atoms with Crippen LogP contribution in [0.3, 0.4) is 0 Å². The zero-order valence-corrected chi connectivity index (χ0v) is 15.1. The van der Waals surface area contributed by atoms with E-state index in [-0.39, 0.29) is 25.0 Å². The summed E-state index contributed by atoms with van der Waals surface area (Å²) in [5, 5.41) is 6.92. The first-order chi connectivity index (χ1) is 11.6. The lowest BCUT2D eigenvalue weighted by molar-refractivity contribution is -0.117. The van der Waals surface area contributed by atoms with Crippen LogP contribution in [0.2, 0.25) is 0 Å². The molecule has 1 unspecified atom stereocenters. The first-order valence-corrected chi connectivity index (χ1v) is 8.43. The number of ether oxygens (including phenoxy) is 2. The van der Waals surface area contributed by atoms with Crippen molar-refractivity contribution in [1.82, 2.24) is 14.8 Å². The Morgan fingerprint density at radius 1 is 1.50 bits per heavy atom. The Kier molecular flexibility index (Phi) is 4.89. The molecule has 1 aliphatic heterocycles. The van der Waals surface area contributed by atoms with Crippen LogP contribution in [0.15, 0.2) is 18.5 Å². The van der Waals surface area contributed by atoms with Crippen LogP contribution in [0.4, 0.5) is 5.95 Å². The molecule has 3 rings (SSSR count). The van der Waals surface area contributed by atoms with E-state index in [9.17, 15) is 4.79 Å². The molecule has 1 atom stereocenters. The zero-order valence-electron chi connectivity index (χ0n) is 13.0. The van der Waals surface area contributed by atoms with Gasteiger partial charge in [0, 0.05) is 0 Å². The molecule has 2 heterocycles. The molecule has 124 valence electrons. The molecule has 0 radical (unpaired) electrons. The number of amides is 1. The normalized spacial score (nSPS) is 16.0. The van der Waals surface area contributed by atoms with Gasteiger partial charge in [-0.2, -0.15) is 10.1 Å². The number of halogens is 1. The van der Waals surface area contributed by atoms with Crippen molar-refractivity contribution in [2.24, 2.45) is 0 Å². The van der Waals surface area contributed by atoms with Crippen LogP contribution in [0.5, 0.6) is 11.5 Å². The molecule has 0 saturated carbocycles. The first kappa shape index (κ1) is 16.6. The summed E-state index contributed by atoms with van der Waals surface area (Å²) in [6, 6.07) is 3.57. The smallest absolute Gasteiger partial charge is 0.229 e. The molecule has 0 fully saturated rings. The molecule has 1 aliphatic rings. The third-order valence-electron chi connectivity index (χ3n) is 3.51. The van der Waals surface area contributed by atoms with Gasteiger partial charge in [0.2, 0.25) is 11.9 Å². The number of rotatable bonds is 5. The van der Waals surface area contributed by atoms with Crippen LogP contribution in [0, 0.1) is 15.9 Å². The van der Waals surface area contributed by atoms with Crippen molar-refractivity contribution >= 4 is 34.4 Å². The summed E-state index contributed by atoms with van der Waals surface area (Å²) in [5.41, 5.74) is 0.900. The summed E-state index contributed by atoms with van der Waals surface area (Å²) < 4.78 is 13.9. The highest BCUT2D eigenvalue weighted by Gasteiger charge is 2.29. The van der Waals surface area contributed by atoms with Gasteiger partial charge in [-0.15, -0.1) is 6.42 Å². The Morgan fingerprint density at radius 2 is 2.33 bits per heavy atom. The maximum Gasteiger partial charge on any atom is 0.229 e. The largest absolute Gasteiger partial charge is 0.490 e. The van der Waals surface area contributed by atoms with E-state index in [1.807, 2.05) is 19.1 Å². The third kappa shape index (κ3) is 3.17. The fraction of sp³-hybridized carbons (Fsp3) is 0.312. The van der Waals surface area contributed by atoms with Gasteiger partial charge in [0.25, 0.3) is 0 Å². The molecule has 1 aromatic carbocycles. The first-order valence-electron chi connectivity index (χ1n) is 7.36. The minimum Gasteiger partial charge on any atom is -0.490 e. The predicted molar refractivity (Wildman–Crippen MR) is 96.1 cm³/mol. The molecule has 1 aromatic heterocycles. The molecule has 0 spiro atoms. The number of terminal acetylenes is 1. The van der Waals surface area contributed by atoms with Gasteiger partial charge in [-0.05, 0) is 47.2 Å². The van der Waals surface area contributed by atoms with E-state index in [1.54, 1.807) is 4.68 Å². The predicted octanol–water partition coefficient (Wildman–Crippen LogP) is 2.23. The Balaban J connectivity index is 2.03. The average Bonchev–Trinajstić information content (AvgIpc) is 3.01. The molecule has 2 aromatic rings. The minimum atomic E-state index is -0.245. The molecule has 1 N–H and O–H groups in total. The summed E-state index contributed by atoms with van der Waals surface area (Å²) in [5.74, 6) is 4.00. The van der Waals surface area contributed by atoms with Gasteiger partial charge in [0.1, 0.15) is 12.9 Å². The Hall–Kier alpha value is -2.28. The Morgan fingerprint density at radius 3 is 3.08 bits per heavy atom. The number of fused-ring (bicyclic) bond motifs is 1. The number of hydrogen-bond donors (Lipinski definition) is 1. The lowest BCUT2D eigenvalue weighted by Crippen LogP contribution is -2.29. The van der Waals surface area contributed by atoms with Crippen LogP contribution in [0.1, 0.15) is 24.9 Å². The number of aromatic nitrogens is 3. The van der Waals surface area contributed by atoms with Gasteiger partial charge >= 0.3 is 0 Å². The molecule has 24 heavy (non-hydrogen) atoms. The molecule has 8 heteroatoms. The summed E-state index contributed by atoms with van der Waals surface area (Å²) in [6.45, 7) is 2.55. The van der Waals surface area contributed by atoms with Gasteiger partial charge in [0.05, 0.1) is 22.6 Å². The molecule has 0 saturated heterocycles. The van der Waals surface area contributed by atoms with Crippen molar-refractivity contribution in [2.45, 2.75) is 19.4 Å². The molecular formula is C16H15IN4O3. The minimum absolute atomic E-state index is 0.0962. The number of hydrogen-bond acceptors (Lipinski definition) is 5. The van der Waals surface area contributed by atoms with E-state index < -0.39 is 0 Å². The van der Waals surface area contributed by atoms with Crippen molar-refractivity contribution in [3.8, 4) is 23.8 Å². The summed E-state index contributed by atoms with van der Waals surface area (Å²) in [7, 11) is 0. The topological polar surface area (TPSA) is 78.3 Å². The van der Waals surface area contributed by atoms with Crippen LogP contribution in [-0.2, 0) is 4.79 Å². The summed E-state index contributed by atoms with van der Waals surface area (Å²) in [4.78, 5) is 16.0. The standard InChI is InChI=1S/C16H15IN4O3/c1-3-5-24-15-11(17)6-10(7-13(15)23-4-2)12-8-14(22)20-16-18-9-19-21(12)16/h1,6-7,9,12H,4-5,8H2,2H3,(H,18,19,20,22). The molecule has 0 bridgehead atoms. The maximum absolute atomic E-state index is 11.9. The van der Waals surface area contributed by atoms with E-state index in [2.05, 4.69) is 43.9 Å². The fourth-order valence-corrected chi connectivity index (χ4v) is 3.34. The van der Waals surface area contributed by atoms with Gasteiger partial charge in [-0.3, -0.25) is 10.1 Å². The van der Waals surface area contributed by atoms with Gasteiger partial charge < -0.3 is 9.47 Å². The van der Waals surface area contributed by atoms with Crippen LogP contribution in [0.25, 0.3) is 0 Å². The van der Waals surface area contributed by atoms with Crippen LogP contribution >= 0.6 is 22.6 Å². The summed E-state index contributed by atoms with van der Waals surface area (Å²) in [6.07, 6.45) is 6.98. The van der Waals surface area contributed by atoms with Crippen molar-refractivity contribution in [1.29, 1.82) is 0 Å². The van der Waals surface area contributed by atoms with E-state index in [0.29, 0.717) is 24.1 Å². The maximum atomic E-state index is 11.9. The third-order valence-corrected chi connectivity index (χ3v) is 4.32. The van der Waals surface area contributed by atoms with Crippen molar-refractivity contribution < 1.29 is 14.3 Å². The SMILES string of the molecule is C#CCOc1c(I)cc(C2CC(=O)Nc3ncnn32)cc1OCC. The highest BCUT2D eigenvalue weighted by molar-refractivity contribution is 14.1. The van der Waals surface area contributed by atoms with Crippen LogP contribution < -0.4 is 14.8 Å². The van der Waals surface area contributed by atoms with Crippen molar-refractivity contribution in [3.05, 3.63) is 27.6 Å². The quantitative estimate of drug-likeness (QED) is 0.573. The van der Waals surface area contributed by atoms with Crippen LogP contribution in [-0.4, -0.2) is 33.9 Å². The van der Waals surface area contributed by atoms with Crippen molar-refractivity contribution in [2.75, 3.05) is 18.5 Å². The molecular weight excluding hydrogens is 423 g/mol. The number of carbonyl (C=O) groups excluding carboxylic acids is 1.